The van der Waals surface area contributed by atoms with Crippen LogP contribution in [0.4, 0.5) is 0 Å². The van der Waals surface area contributed by atoms with Gasteiger partial charge in [-0.25, -0.2) is 4.99 Å². The molecule has 0 saturated carbocycles. The highest BCUT2D eigenvalue weighted by Crippen LogP contribution is 1.90. The summed E-state index contributed by atoms with van der Waals surface area (Å²) in [6.45, 7) is 2.87. The van der Waals surface area contributed by atoms with E-state index in [4.69, 9.17) is 0 Å². The Kier molecular flexibility index (Phi) is 3.36. The van der Waals surface area contributed by atoms with Gasteiger partial charge in [0.15, 0.2) is 0 Å². The first-order valence-electron chi connectivity index (χ1n) is 3.56. The summed E-state index contributed by atoms with van der Waals surface area (Å²) in [6.07, 6.45) is 0. The second kappa shape index (κ2) is 3.56. The van der Waals surface area contributed by atoms with Crippen LogP contribution >= 0.6 is 0 Å². The monoisotopic (exact) mass is 144 g/mol. The minimum Gasteiger partial charge on any atom is -0.328 e. The second-order valence-corrected chi connectivity index (χ2v) is 3.06. The van der Waals surface area contributed by atoms with Crippen LogP contribution in [-0.2, 0) is 0 Å². The van der Waals surface area contributed by atoms with Crippen LogP contribution in [0.3, 0.4) is 0 Å². The molecule has 1 N–H and O–H groups in total. The van der Waals surface area contributed by atoms with Crippen LogP contribution in [0.25, 0.3) is 0 Å². The third-order valence-corrected chi connectivity index (χ3v) is 1.17. The van der Waals surface area contributed by atoms with Gasteiger partial charge in [-0.15, -0.1) is 0 Å². The lowest BCUT2D eigenvalue weighted by molar-refractivity contribution is -0.779. The van der Waals surface area contributed by atoms with Gasteiger partial charge in [-0.3, -0.25) is 4.48 Å². The highest BCUT2D eigenvalue weighted by molar-refractivity contribution is 5.72. The first-order valence-corrected chi connectivity index (χ1v) is 3.56. The van der Waals surface area contributed by atoms with Crippen molar-refractivity contribution in [1.82, 2.24) is 5.32 Å². The van der Waals surface area contributed by atoms with Crippen molar-refractivity contribution in [1.29, 1.82) is 0 Å². The maximum absolute atomic E-state index is 4.29. The molecule has 0 spiro atoms. The molecule has 0 aromatic carbocycles. The largest absolute Gasteiger partial charge is 0.328 e. The van der Waals surface area contributed by atoms with Crippen LogP contribution < -0.4 is 5.32 Å². The van der Waals surface area contributed by atoms with Gasteiger partial charge in [0.25, 0.3) is 5.96 Å². The summed E-state index contributed by atoms with van der Waals surface area (Å²) in [7, 11) is 8.17. The molecule has 0 amide bonds. The van der Waals surface area contributed by atoms with Crippen molar-refractivity contribution in [2.75, 3.05) is 34.7 Å². The average Bonchev–Trinajstić information content (AvgIpc) is 1.80. The Hall–Kier alpha value is -0.570. The molecule has 0 heterocycles. The Morgan fingerprint density at radius 2 is 1.90 bits per heavy atom. The van der Waals surface area contributed by atoms with Crippen LogP contribution in [0.5, 0.6) is 0 Å². The van der Waals surface area contributed by atoms with Gasteiger partial charge in [0.2, 0.25) is 0 Å². The number of hydrogen-bond acceptors (Lipinski definition) is 1. The van der Waals surface area contributed by atoms with E-state index >= 15 is 0 Å². The number of nitrogens with one attached hydrogen (secondary N) is 1. The van der Waals surface area contributed by atoms with Crippen molar-refractivity contribution < 1.29 is 4.48 Å². The molecular weight excluding hydrogens is 126 g/mol. The molecule has 10 heavy (non-hydrogen) atoms. The molecule has 0 rings (SSSR count). The van der Waals surface area contributed by atoms with Crippen LogP contribution in [-0.4, -0.2) is 45.2 Å². The van der Waals surface area contributed by atoms with Gasteiger partial charge in [0, 0.05) is 13.6 Å². The van der Waals surface area contributed by atoms with Crippen molar-refractivity contribution in [3.8, 4) is 0 Å². The predicted molar refractivity (Wildman–Crippen MR) is 45.1 cm³/mol. The summed E-state index contributed by atoms with van der Waals surface area (Å²) in [5, 5.41) is 3.07. The van der Waals surface area contributed by atoms with E-state index in [2.05, 4.69) is 31.5 Å². The standard InChI is InChI=1S/C7H18N3/c1-6-9-7(8-2)10(3,4)5/h6H2,1-5H3,(H,8,9)/q+1. The van der Waals surface area contributed by atoms with Crippen LogP contribution in [0.1, 0.15) is 6.92 Å². The summed E-state index contributed by atoms with van der Waals surface area (Å²) in [5.41, 5.74) is 0. The third-order valence-electron chi connectivity index (χ3n) is 1.17. The van der Waals surface area contributed by atoms with E-state index in [-0.39, 0.29) is 0 Å². The van der Waals surface area contributed by atoms with Crippen molar-refractivity contribution in [3.05, 3.63) is 0 Å². The number of nitrogens with zero attached hydrogens (tertiary/aromatic N) is 2. The zero-order valence-electron chi connectivity index (χ0n) is 7.60. The minimum atomic E-state index is 0.754. The van der Waals surface area contributed by atoms with Crippen LogP contribution in [0.2, 0.25) is 0 Å². The average molecular weight is 144 g/mol. The normalized spacial score (nSPS) is 13.5. The highest BCUT2D eigenvalue weighted by Gasteiger charge is 2.14. The second-order valence-electron chi connectivity index (χ2n) is 3.06. The molecule has 3 nitrogen and oxygen atoms in total. The minimum absolute atomic E-state index is 0.754. The number of rotatable bonds is 1. The van der Waals surface area contributed by atoms with Crippen LogP contribution in [0.15, 0.2) is 4.99 Å². The Bertz CT molecular complexity index is 121. The molecule has 0 unspecified atom stereocenters. The van der Waals surface area contributed by atoms with Gasteiger partial charge >= 0.3 is 0 Å². The summed E-state index contributed by atoms with van der Waals surface area (Å²) in [4.78, 5) is 4.29. The fourth-order valence-corrected chi connectivity index (χ4v) is 0.776. The van der Waals surface area contributed by atoms with Gasteiger partial charge < -0.3 is 5.32 Å². The Labute approximate surface area is 63.3 Å². The number of hydrogen-bond donors (Lipinski definition) is 1. The molecule has 0 aliphatic carbocycles. The van der Waals surface area contributed by atoms with E-state index in [0.29, 0.717) is 0 Å². The molecule has 0 aliphatic rings. The van der Waals surface area contributed by atoms with E-state index in [1.165, 1.54) is 0 Å². The zero-order chi connectivity index (χ0) is 8.20. The maximum atomic E-state index is 4.29. The lowest BCUT2D eigenvalue weighted by atomic mass is 10.6. The van der Waals surface area contributed by atoms with Crippen LogP contribution in [0, 0.1) is 0 Å². The molecule has 60 valence electrons. The molecule has 0 fully saturated rings. The topological polar surface area (TPSA) is 24.4 Å². The molecular formula is C7H18N3+. The molecule has 0 saturated heterocycles. The van der Waals surface area contributed by atoms with E-state index in [1.807, 2.05) is 14.0 Å². The lowest BCUT2D eigenvalue weighted by Gasteiger charge is -2.23. The molecule has 0 radical (unpaired) electrons. The van der Waals surface area contributed by atoms with Gasteiger partial charge in [0.1, 0.15) is 0 Å². The summed E-state index contributed by atoms with van der Waals surface area (Å²) in [5.74, 6) is 1.02. The Morgan fingerprint density at radius 1 is 1.40 bits per heavy atom. The fraction of sp³-hybridized carbons (Fsp3) is 0.857. The molecule has 0 aliphatic heterocycles. The van der Waals surface area contributed by atoms with E-state index in [1.54, 1.807) is 0 Å². The predicted octanol–water partition coefficient (Wildman–Crippen LogP) is 0.288. The summed E-state index contributed by atoms with van der Waals surface area (Å²) >= 11 is 0. The van der Waals surface area contributed by atoms with Gasteiger partial charge in [-0.05, 0) is 6.92 Å². The maximum Gasteiger partial charge on any atom is 0.296 e. The molecule has 3 heteroatoms. The highest BCUT2D eigenvalue weighted by atomic mass is 15.4. The fourth-order valence-electron chi connectivity index (χ4n) is 0.776. The van der Waals surface area contributed by atoms with E-state index < -0.39 is 0 Å². The van der Waals surface area contributed by atoms with Crippen molar-refractivity contribution in [3.63, 3.8) is 0 Å². The lowest BCUT2D eigenvalue weighted by Crippen LogP contribution is -2.48. The quantitative estimate of drug-likeness (QED) is 0.319. The van der Waals surface area contributed by atoms with Gasteiger partial charge in [-0.1, -0.05) is 0 Å². The van der Waals surface area contributed by atoms with Crippen molar-refractivity contribution in [2.24, 2.45) is 4.99 Å². The number of guanidine groups is 1. The van der Waals surface area contributed by atoms with E-state index in [9.17, 15) is 0 Å². The SMILES string of the molecule is CCN=C(NC)[N+](C)(C)C. The van der Waals surface area contributed by atoms with Gasteiger partial charge in [-0.2, -0.15) is 0 Å². The first-order chi connectivity index (χ1) is 4.52. The molecule has 0 atom stereocenters. The van der Waals surface area contributed by atoms with Crippen molar-refractivity contribution >= 4 is 5.96 Å². The zero-order valence-corrected chi connectivity index (χ0v) is 7.60. The third kappa shape index (κ3) is 2.82. The number of quaternary nitrogens is 1. The first kappa shape index (κ1) is 9.43. The molecule has 0 bridgehead atoms. The van der Waals surface area contributed by atoms with Crippen molar-refractivity contribution in [2.45, 2.75) is 6.92 Å². The summed E-state index contributed by atoms with van der Waals surface area (Å²) < 4.78 is 0.754. The Balaban J connectivity index is 4.21. The molecule has 0 aromatic heterocycles. The van der Waals surface area contributed by atoms with Gasteiger partial charge in [0.05, 0.1) is 21.1 Å². The molecule has 0 aromatic rings. The Morgan fingerprint density at radius 3 is 2.00 bits per heavy atom. The smallest absolute Gasteiger partial charge is 0.296 e. The number of aliphatic imine (C=N–C) groups is 1. The van der Waals surface area contributed by atoms with E-state index in [0.717, 1.165) is 17.0 Å². The summed E-state index contributed by atoms with van der Waals surface area (Å²) in [6, 6.07) is 0.